The number of hydrogen-bond acceptors (Lipinski definition) is 2. The molecular formula is C15H22N2. The molecule has 0 spiro atoms. The summed E-state index contributed by atoms with van der Waals surface area (Å²) in [5.41, 5.74) is 4.86. The van der Waals surface area contributed by atoms with E-state index in [-0.39, 0.29) is 5.54 Å². The van der Waals surface area contributed by atoms with Crippen molar-refractivity contribution in [1.82, 2.24) is 0 Å². The molecule has 0 saturated carbocycles. The monoisotopic (exact) mass is 230 g/mol. The Bertz CT molecular complexity index is 448. The van der Waals surface area contributed by atoms with E-state index in [2.05, 4.69) is 49.2 Å². The van der Waals surface area contributed by atoms with Gasteiger partial charge in [0.05, 0.1) is 11.7 Å². The van der Waals surface area contributed by atoms with Crippen molar-refractivity contribution in [3.8, 4) is 0 Å². The maximum absolute atomic E-state index is 4.21. The van der Waals surface area contributed by atoms with Gasteiger partial charge in [0.2, 0.25) is 0 Å². The van der Waals surface area contributed by atoms with Crippen LogP contribution in [0.1, 0.15) is 44.4 Å². The van der Waals surface area contributed by atoms with Gasteiger partial charge in [-0.1, -0.05) is 18.2 Å². The van der Waals surface area contributed by atoms with Crippen LogP contribution in [0.3, 0.4) is 0 Å². The molecular weight excluding hydrogens is 208 g/mol. The molecule has 0 unspecified atom stereocenters. The minimum absolute atomic E-state index is 0.111. The zero-order valence-electron chi connectivity index (χ0n) is 11.7. The molecule has 0 aromatic heterocycles. The van der Waals surface area contributed by atoms with Gasteiger partial charge in [0, 0.05) is 0 Å². The minimum Gasteiger partial charge on any atom is -0.183 e. The van der Waals surface area contributed by atoms with Crippen molar-refractivity contribution in [3.05, 3.63) is 41.1 Å². The Morgan fingerprint density at radius 1 is 1.12 bits per heavy atom. The lowest BCUT2D eigenvalue weighted by Crippen LogP contribution is -2.07. The van der Waals surface area contributed by atoms with Crippen molar-refractivity contribution in [3.63, 3.8) is 0 Å². The first-order chi connectivity index (χ1) is 7.79. The fourth-order valence-electron chi connectivity index (χ4n) is 1.35. The van der Waals surface area contributed by atoms with Crippen LogP contribution in [0.2, 0.25) is 0 Å². The van der Waals surface area contributed by atoms with Gasteiger partial charge in [-0.3, -0.25) is 0 Å². The van der Waals surface area contributed by atoms with E-state index in [0.717, 1.165) is 5.57 Å². The highest BCUT2D eigenvalue weighted by Crippen LogP contribution is 2.18. The summed E-state index contributed by atoms with van der Waals surface area (Å²) in [6.45, 7) is 12.4. The van der Waals surface area contributed by atoms with Crippen molar-refractivity contribution in [2.24, 2.45) is 10.2 Å². The average Bonchev–Trinajstić information content (AvgIpc) is 2.20. The van der Waals surface area contributed by atoms with Gasteiger partial charge in [-0.25, -0.2) is 0 Å². The van der Waals surface area contributed by atoms with Crippen molar-refractivity contribution in [2.75, 3.05) is 0 Å². The zero-order valence-corrected chi connectivity index (χ0v) is 11.7. The largest absolute Gasteiger partial charge is 0.183 e. The number of hydrogen-bond donors (Lipinski definition) is 0. The first-order valence-corrected chi connectivity index (χ1v) is 5.96. The Labute approximate surface area is 104 Å². The molecule has 0 saturated heterocycles. The predicted molar refractivity (Wildman–Crippen MR) is 74.2 cm³/mol. The molecule has 0 aliphatic rings. The Morgan fingerprint density at radius 3 is 2.29 bits per heavy atom. The van der Waals surface area contributed by atoms with Crippen LogP contribution in [-0.4, -0.2) is 5.54 Å². The third-order valence-electron chi connectivity index (χ3n) is 2.57. The highest BCUT2D eigenvalue weighted by Gasteiger charge is 2.05. The summed E-state index contributed by atoms with van der Waals surface area (Å²) >= 11 is 0. The van der Waals surface area contributed by atoms with E-state index in [9.17, 15) is 0 Å². The van der Waals surface area contributed by atoms with E-state index < -0.39 is 0 Å². The van der Waals surface area contributed by atoms with Gasteiger partial charge in [0.25, 0.3) is 0 Å². The average molecular weight is 230 g/mol. The maximum atomic E-state index is 4.21. The van der Waals surface area contributed by atoms with Crippen LogP contribution in [0.25, 0.3) is 5.57 Å². The molecule has 1 rings (SSSR count). The molecule has 2 nitrogen and oxygen atoms in total. The quantitative estimate of drug-likeness (QED) is 0.645. The highest BCUT2D eigenvalue weighted by atomic mass is 15.1. The lowest BCUT2D eigenvalue weighted by atomic mass is 10.0. The van der Waals surface area contributed by atoms with Crippen LogP contribution in [0.4, 0.5) is 0 Å². The van der Waals surface area contributed by atoms with Crippen LogP contribution in [0.15, 0.2) is 34.6 Å². The molecule has 0 amide bonds. The molecule has 17 heavy (non-hydrogen) atoms. The number of allylic oxidation sites excluding steroid dienone is 1. The molecule has 0 bridgehead atoms. The number of aryl methyl sites for hydroxylation is 2. The fourth-order valence-corrected chi connectivity index (χ4v) is 1.35. The zero-order chi connectivity index (χ0) is 13.1. The van der Waals surface area contributed by atoms with Gasteiger partial charge in [-0.15, -0.1) is 0 Å². The predicted octanol–water partition coefficient (Wildman–Crippen LogP) is 4.91. The van der Waals surface area contributed by atoms with E-state index in [1.807, 2.05) is 27.0 Å². The highest BCUT2D eigenvalue weighted by molar-refractivity contribution is 5.64. The second kappa shape index (κ2) is 5.26. The second-order valence-electron chi connectivity index (χ2n) is 5.50. The molecule has 1 aromatic rings. The van der Waals surface area contributed by atoms with Crippen LogP contribution in [0, 0.1) is 13.8 Å². The summed E-state index contributed by atoms with van der Waals surface area (Å²) in [5.74, 6) is 0. The SMILES string of the molecule is C/C(=C\N=N/C(C)(C)C)c1ccc(C)c(C)c1. The first-order valence-electron chi connectivity index (χ1n) is 5.96. The Balaban J connectivity index is 2.89. The van der Waals surface area contributed by atoms with Crippen molar-refractivity contribution < 1.29 is 0 Å². The van der Waals surface area contributed by atoms with E-state index in [1.165, 1.54) is 16.7 Å². The molecule has 0 fully saturated rings. The third-order valence-corrected chi connectivity index (χ3v) is 2.57. The summed E-state index contributed by atoms with van der Waals surface area (Å²) in [6, 6.07) is 6.46. The van der Waals surface area contributed by atoms with E-state index in [4.69, 9.17) is 0 Å². The number of nitrogens with zero attached hydrogens (tertiary/aromatic N) is 2. The van der Waals surface area contributed by atoms with Crippen LogP contribution >= 0.6 is 0 Å². The minimum atomic E-state index is -0.111. The third kappa shape index (κ3) is 4.51. The molecule has 0 atom stereocenters. The molecule has 0 aliphatic carbocycles. The molecule has 2 heteroatoms. The van der Waals surface area contributed by atoms with E-state index in [1.54, 1.807) is 0 Å². The van der Waals surface area contributed by atoms with Crippen molar-refractivity contribution in [2.45, 2.75) is 47.1 Å². The Hall–Kier alpha value is -1.44. The lowest BCUT2D eigenvalue weighted by Gasteiger charge is -2.08. The summed E-state index contributed by atoms with van der Waals surface area (Å²) in [4.78, 5) is 0. The summed E-state index contributed by atoms with van der Waals surface area (Å²) < 4.78 is 0. The molecule has 0 heterocycles. The molecule has 1 aromatic carbocycles. The van der Waals surface area contributed by atoms with Crippen molar-refractivity contribution >= 4 is 5.57 Å². The maximum Gasteiger partial charge on any atom is 0.0736 e. The topological polar surface area (TPSA) is 24.7 Å². The van der Waals surface area contributed by atoms with Gasteiger partial charge < -0.3 is 0 Å². The number of rotatable bonds is 2. The first kappa shape index (κ1) is 13.6. The van der Waals surface area contributed by atoms with Gasteiger partial charge in [-0.2, -0.15) is 10.2 Å². The normalized spacial score (nSPS) is 13.4. The standard InChI is InChI=1S/C15H22N2/c1-11-7-8-14(9-12(11)2)13(3)10-16-17-15(4,5)6/h7-10H,1-6H3/b13-10+,17-16-. The summed E-state index contributed by atoms with van der Waals surface area (Å²) in [7, 11) is 0. The van der Waals surface area contributed by atoms with E-state index in [0.29, 0.717) is 0 Å². The van der Waals surface area contributed by atoms with Crippen molar-refractivity contribution in [1.29, 1.82) is 0 Å². The Morgan fingerprint density at radius 2 is 1.76 bits per heavy atom. The smallest absolute Gasteiger partial charge is 0.0736 e. The van der Waals surface area contributed by atoms with Crippen LogP contribution in [0.5, 0.6) is 0 Å². The molecule has 0 radical (unpaired) electrons. The number of benzene rings is 1. The number of azo groups is 1. The summed E-state index contributed by atoms with van der Waals surface area (Å²) in [6.07, 6.45) is 1.83. The molecule has 92 valence electrons. The molecule has 0 N–H and O–H groups in total. The van der Waals surface area contributed by atoms with Crippen LogP contribution in [-0.2, 0) is 0 Å². The summed E-state index contributed by atoms with van der Waals surface area (Å²) in [5, 5.41) is 8.34. The van der Waals surface area contributed by atoms with Gasteiger partial charge in [-0.05, 0) is 63.8 Å². The lowest BCUT2D eigenvalue weighted by molar-refractivity contribution is 0.551. The molecule has 0 aliphatic heterocycles. The van der Waals surface area contributed by atoms with Crippen LogP contribution < -0.4 is 0 Å². The van der Waals surface area contributed by atoms with Gasteiger partial charge in [0.15, 0.2) is 0 Å². The Kier molecular flexibility index (Phi) is 4.22. The second-order valence-corrected chi connectivity index (χ2v) is 5.50. The van der Waals surface area contributed by atoms with E-state index >= 15 is 0 Å². The van der Waals surface area contributed by atoms with Gasteiger partial charge >= 0.3 is 0 Å². The van der Waals surface area contributed by atoms with Gasteiger partial charge in [0.1, 0.15) is 0 Å². The fraction of sp³-hybridized carbons (Fsp3) is 0.467.